The van der Waals surface area contributed by atoms with Crippen LogP contribution in [-0.4, -0.2) is 34.9 Å². The molecule has 3 atom stereocenters. The van der Waals surface area contributed by atoms with Gasteiger partial charge in [-0.2, -0.15) is 0 Å². The van der Waals surface area contributed by atoms with Crippen LogP contribution in [0.4, 0.5) is 0 Å². The van der Waals surface area contributed by atoms with Crippen LogP contribution in [-0.2, 0) is 20.7 Å². The molecule has 0 amide bonds. The first-order valence-electron chi connectivity index (χ1n) is 7.80. The normalized spacial score (nSPS) is 27.4. The summed E-state index contributed by atoms with van der Waals surface area (Å²) < 4.78 is 10.2. The number of aryl methyl sites for hydroxylation is 1. The van der Waals surface area contributed by atoms with E-state index in [4.69, 9.17) is 4.74 Å². The smallest absolute Gasteiger partial charge is 0.339 e. The fourth-order valence-corrected chi connectivity index (χ4v) is 2.90. The molecule has 2 N–H and O–H groups in total. The molecule has 5 heteroatoms. The lowest BCUT2D eigenvalue weighted by Crippen LogP contribution is -2.31. The van der Waals surface area contributed by atoms with Gasteiger partial charge in [-0.15, -0.1) is 0 Å². The molecule has 23 heavy (non-hydrogen) atoms. The highest BCUT2D eigenvalue weighted by Gasteiger charge is 2.34. The predicted octanol–water partition coefficient (Wildman–Crippen LogP) is 1.84. The zero-order valence-electron chi connectivity index (χ0n) is 12.7. The fourth-order valence-electron chi connectivity index (χ4n) is 2.90. The standard InChI is InChI=1S/C18H20O5/c19-16-11-14(18(21)23-16)15-10-9-13(17(20)22-15)8-4-7-12-5-2-1-3-6-12/h1-3,5-6,9,11,15-17,19-20H,4,7-8,10H2. The molecular formula is C18H20O5. The average Bonchev–Trinajstić information content (AvgIpc) is 2.88. The number of esters is 1. The fraction of sp³-hybridized carbons (Fsp3) is 0.389. The number of aliphatic hydroxyl groups excluding tert-OH is 2. The van der Waals surface area contributed by atoms with E-state index >= 15 is 0 Å². The Hall–Kier alpha value is -1.95. The highest BCUT2D eigenvalue weighted by molar-refractivity contribution is 5.91. The van der Waals surface area contributed by atoms with Gasteiger partial charge in [0.2, 0.25) is 6.29 Å². The van der Waals surface area contributed by atoms with Crippen molar-refractivity contribution in [1.29, 1.82) is 0 Å². The zero-order chi connectivity index (χ0) is 16.2. The summed E-state index contributed by atoms with van der Waals surface area (Å²) >= 11 is 0. The maximum atomic E-state index is 11.6. The minimum Gasteiger partial charge on any atom is -0.429 e. The Labute approximate surface area is 134 Å². The number of carbonyl (C=O) groups excluding carboxylic acids is 1. The molecule has 0 bridgehead atoms. The van der Waals surface area contributed by atoms with Crippen LogP contribution in [0.3, 0.4) is 0 Å². The Kier molecular flexibility index (Phi) is 4.91. The average molecular weight is 316 g/mol. The second kappa shape index (κ2) is 7.08. The van der Waals surface area contributed by atoms with Gasteiger partial charge < -0.3 is 19.7 Å². The van der Waals surface area contributed by atoms with Gasteiger partial charge in [0, 0.05) is 0 Å². The molecule has 5 nitrogen and oxygen atoms in total. The number of carbonyl (C=O) groups is 1. The lowest BCUT2D eigenvalue weighted by Gasteiger charge is -2.27. The van der Waals surface area contributed by atoms with Gasteiger partial charge in [-0.1, -0.05) is 36.4 Å². The van der Waals surface area contributed by atoms with Crippen LogP contribution in [0.25, 0.3) is 0 Å². The van der Waals surface area contributed by atoms with E-state index in [2.05, 4.69) is 16.9 Å². The van der Waals surface area contributed by atoms with Crippen molar-refractivity contribution in [3.8, 4) is 0 Å². The van der Waals surface area contributed by atoms with Crippen LogP contribution < -0.4 is 0 Å². The number of benzene rings is 1. The predicted molar refractivity (Wildman–Crippen MR) is 83.1 cm³/mol. The number of hydrogen-bond acceptors (Lipinski definition) is 5. The van der Waals surface area contributed by atoms with Crippen molar-refractivity contribution in [2.24, 2.45) is 0 Å². The van der Waals surface area contributed by atoms with Crippen molar-refractivity contribution in [2.75, 3.05) is 0 Å². The van der Waals surface area contributed by atoms with Crippen LogP contribution in [0.15, 0.2) is 53.6 Å². The molecule has 0 saturated carbocycles. The van der Waals surface area contributed by atoms with E-state index < -0.39 is 24.7 Å². The minimum atomic E-state index is -1.21. The molecule has 2 aliphatic heterocycles. The van der Waals surface area contributed by atoms with Crippen molar-refractivity contribution in [3.63, 3.8) is 0 Å². The van der Waals surface area contributed by atoms with Crippen LogP contribution >= 0.6 is 0 Å². The van der Waals surface area contributed by atoms with E-state index in [0.717, 1.165) is 24.8 Å². The molecule has 2 heterocycles. The molecule has 0 fully saturated rings. The molecule has 3 unspecified atom stereocenters. The van der Waals surface area contributed by atoms with Gasteiger partial charge in [0.1, 0.15) is 0 Å². The second-order valence-electron chi connectivity index (χ2n) is 5.75. The van der Waals surface area contributed by atoms with Crippen LogP contribution in [0.1, 0.15) is 24.8 Å². The van der Waals surface area contributed by atoms with Crippen molar-refractivity contribution in [2.45, 2.75) is 44.4 Å². The molecule has 1 aromatic rings. The summed E-state index contributed by atoms with van der Waals surface area (Å²) in [5, 5.41) is 19.4. The van der Waals surface area contributed by atoms with Gasteiger partial charge in [-0.05, 0) is 42.9 Å². The van der Waals surface area contributed by atoms with Gasteiger partial charge in [0.15, 0.2) is 6.29 Å². The van der Waals surface area contributed by atoms with Gasteiger partial charge in [-0.25, -0.2) is 4.79 Å². The summed E-state index contributed by atoms with van der Waals surface area (Å²) in [6, 6.07) is 10.2. The van der Waals surface area contributed by atoms with Crippen LogP contribution in [0.5, 0.6) is 0 Å². The Morgan fingerprint density at radius 3 is 2.57 bits per heavy atom. The quantitative estimate of drug-likeness (QED) is 0.640. The summed E-state index contributed by atoms with van der Waals surface area (Å²) in [5.41, 5.74) is 2.38. The minimum absolute atomic E-state index is 0.274. The molecule has 122 valence electrons. The highest BCUT2D eigenvalue weighted by atomic mass is 16.6. The van der Waals surface area contributed by atoms with Crippen molar-refractivity contribution >= 4 is 5.97 Å². The lowest BCUT2D eigenvalue weighted by molar-refractivity contribution is -0.154. The molecule has 3 rings (SSSR count). The first-order chi connectivity index (χ1) is 11.1. The maximum Gasteiger partial charge on any atom is 0.339 e. The van der Waals surface area contributed by atoms with Crippen molar-refractivity contribution in [3.05, 3.63) is 59.2 Å². The van der Waals surface area contributed by atoms with E-state index in [-0.39, 0.29) is 5.57 Å². The summed E-state index contributed by atoms with van der Waals surface area (Å²) in [4.78, 5) is 11.6. The zero-order valence-corrected chi connectivity index (χ0v) is 12.7. The molecule has 0 aromatic heterocycles. The van der Waals surface area contributed by atoms with Gasteiger partial charge in [0.25, 0.3) is 0 Å². The molecule has 0 radical (unpaired) electrons. The van der Waals surface area contributed by atoms with Crippen molar-refractivity contribution in [1.82, 2.24) is 0 Å². The number of hydrogen-bond donors (Lipinski definition) is 2. The Morgan fingerprint density at radius 2 is 1.91 bits per heavy atom. The van der Waals surface area contributed by atoms with Gasteiger partial charge >= 0.3 is 5.97 Å². The van der Waals surface area contributed by atoms with E-state index in [1.807, 2.05) is 24.3 Å². The SMILES string of the molecule is O=C1OC(O)C=C1C1CC=C(CCCc2ccccc2)C(O)O1. The third-order valence-corrected chi connectivity index (χ3v) is 4.11. The molecule has 1 aromatic carbocycles. The molecular weight excluding hydrogens is 296 g/mol. The summed E-state index contributed by atoms with van der Waals surface area (Å²) in [7, 11) is 0. The first kappa shape index (κ1) is 15.9. The second-order valence-corrected chi connectivity index (χ2v) is 5.75. The summed E-state index contributed by atoms with van der Waals surface area (Å²) in [6.45, 7) is 0. The van der Waals surface area contributed by atoms with E-state index in [0.29, 0.717) is 6.42 Å². The van der Waals surface area contributed by atoms with Gasteiger partial charge in [-0.3, -0.25) is 0 Å². The topological polar surface area (TPSA) is 76.0 Å². The van der Waals surface area contributed by atoms with Crippen molar-refractivity contribution < 1.29 is 24.5 Å². The number of cyclic esters (lactones) is 1. The summed E-state index contributed by atoms with van der Waals surface area (Å²) in [6.07, 6.45) is 3.55. The monoisotopic (exact) mass is 316 g/mol. The van der Waals surface area contributed by atoms with Gasteiger partial charge in [0.05, 0.1) is 11.7 Å². The largest absolute Gasteiger partial charge is 0.429 e. The molecule has 2 aliphatic rings. The summed E-state index contributed by atoms with van der Waals surface area (Å²) in [5.74, 6) is -0.587. The van der Waals surface area contributed by atoms with Crippen LogP contribution in [0.2, 0.25) is 0 Å². The number of aliphatic hydroxyl groups is 2. The highest BCUT2D eigenvalue weighted by Crippen LogP contribution is 2.28. The van der Waals surface area contributed by atoms with E-state index in [1.54, 1.807) is 0 Å². The third-order valence-electron chi connectivity index (χ3n) is 4.11. The molecule has 0 aliphatic carbocycles. The van der Waals surface area contributed by atoms with E-state index in [1.165, 1.54) is 11.6 Å². The Morgan fingerprint density at radius 1 is 1.13 bits per heavy atom. The first-order valence-corrected chi connectivity index (χ1v) is 7.80. The molecule has 0 saturated heterocycles. The lowest BCUT2D eigenvalue weighted by atomic mass is 9.98. The Balaban J connectivity index is 1.54. The molecule has 0 spiro atoms. The number of rotatable bonds is 5. The number of ether oxygens (including phenoxy) is 2. The third kappa shape index (κ3) is 3.88. The van der Waals surface area contributed by atoms with Crippen LogP contribution in [0, 0.1) is 0 Å². The maximum absolute atomic E-state index is 11.6. The Bertz CT molecular complexity index is 620. The van der Waals surface area contributed by atoms with E-state index in [9.17, 15) is 15.0 Å².